The van der Waals surface area contributed by atoms with E-state index in [1.807, 2.05) is 57.2 Å². The number of ether oxygens (including phenoxy) is 1. The van der Waals surface area contributed by atoms with Crippen LogP contribution in [0.5, 0.6) is 5.75 Å². The Labute approximate surface area is 158 Å². The van der Waals surface area contributed by atoms with Gasteiger partial charge in [0.15, 0.2) is 0 Å². The molecule has 0 unspecified atom stereocenters. The number of aryl methyl sites for hydroxylation is 2. The Morgan fingerprint density at radius 3 is 2.56 bits per heavy atom. The van der Waals surface area contributed by atoms with Crippen molar-refractivity contribution in [2.45, 2.75) is 39.7 Å². The number of aromatic nitrogens is 1. The molecule has 0 saturated carbocycles. The van der Waals surface area contributed by atoms with Crippen LogP contribution in [0.25, 0.3) is 10.9 Å². The van der Waals surface area contributed by atoms with Crippen molar-refractivity contribution in [3.63, 3.8) is 0 Å². The Kier molecular flexibility index (Phi) is 5.60. The lowest BCUT2D eigenvalue weighted by molar-refractivity contribution is -0.116. The first-order valence-electron chi connectivity index (χ1n) is 9.10. The molecule has 5 nitrogen and oxygen atoms in total. The number of aromatic amines is 1. The smallest absolute Gasteiger partial charge is 0.251 e. The Hall–Kier alpha value is -3.08. The quantitative estimate of drug-likeness (QED) is 0.689. The monoisotopic (exact) mass is 364 g/mol. The molecule has 0 aliphatic carbocycles. The Balaban J connectivity index is 1.62. The van der Waals surface area contributed by atoms with Gasteiger partial charge in [0.25, 0.3) is 5.56 Å². The second kappa shape index (κ2) is 8.08. The maximum absolute atomic E-state index is 12.2. The summed E-state index contributed by atoms with van der Waals surface area (Å²) in [5.74, 6) is 0.636. The van der Waals surface area contributed by atoms with Gasteiger partial charge in [-0.15, -0.1) is 0 Å². The zero-order valence-corrected chi connectivity index (χ0v) is 15.8. The molecule has 5 heteroatoms. The number of carbonyl (C=O) groups is 1. The number of hydrogen-bond donors (Lipinski definition) is 2. The molecule has 0 atom stereocenters. The summed E-state index contributed by atoms with van der Waals surface area (Å²) >= 11 is 0. The van der Waals surface area contributed by atoms with Gasteiger partial charge in [-0.1, -0.05) is 11.6 Å². The molecular formula is C22H24N2O3. The molecule has 0 radical (unpaired) electrons. The van der Waals surface area contributed by atoms with Gasteiger partial charge in [-0.05, 0) is 75.0 Å². The number of fused-ring (bicyclic) bond motifs is 1. The maximum Gasteiger partial charge on any atom is 0.251 e. The zero-order valence-electron chi connectivity index (χ0n) is 15.8. The first-order chi connectivity index (χ1) is 12.9. The van der Waals surface area contributed by atoms with Crippen molar-refractivity contribution in [1.29, 1.82) is 0 Å². The first kappa shape index (κ1) is 18.7. The minimum atomic E-state index is -0.144. The maximum atomic E-state index is 12.2. The molecule has 3 aromatic rings. The molecule has 0 aliphatic heterocycles. The molecule has 0 spiro atoms. The molecule has 0 bridgehead atoms. The molecule has 0 fully saturated rings. The van der Waals surface area contributed by atoms with Crippen molar-refractivity contribution in [3.8, 4) is 5.75 Å². The average Bonchev–Trinajstić information content (AvgIpc) is 2.61. The van der Waals surface area contributed by atoms with Crippen molar-refractivity contribution in [3.05, 3.63) is 70.0 Å². The second-order valence-corrected chi connectivity index (χ2v) is 6.95. The van der Waals surface area contributed by atoms with Crippen LogP contribution in [0.2, 0.25) is 0 Å². The van der Waals surface area contributed by atoms with Gasteiger partial charge in [-0.2, -0.15) is 0 Å². The van der Waals surface area contributed by atoms with Crippen molar-refractivity contribution in [2.75, 3.05) is 5.32 Å². The van der Waals surface area contributed by atoms with Crippen molar-refractivity contribution in [1.82, 2.24) is 4.98 Å². The summed E-state index contributed by atoms with van der Waals surface area (Å²) in [6.07, 6.45) is 0.735. The van der Waals surface area contributed by atoms with Crippen LogP contribution in [0.3, 0.4) is 0 Å². The number of rotatable bonds is 6. The fraction of sp³-hybridized carbons (Fsp3) is 0.273. The fourth-order valence-electron chi connectivity index (χ4n) is 2.92. The third-order valence-corrected chi connectivity index (χ3v) is 4.21. The fourth-order valence-corrected chi connectivity index (χ4v) is 2.92. The number of H-pyrrole nitrogens is 1. The summed E-state index contributed by atoms with van der Waals surface area (Å²) in [7, 11) is 0. The number of amides is 1. The highest BCUT2D eigenvalue weighted by Gasteiger charge is 2.08. The van der Waals surface area contributed by atoms with Crippen LogP contribution < -0.4 is 15.6 Å². The third kappa shape index (κ3) is 4.97. The molecule has 1 aromatic heterocycles. The predicted molar refractivity (Wildman–Crippen MR) is 108 cm³/mol. The van der Waals surface area contributed by atoms with Crippen molar-refractivity contribution >= 4 is 22.5 Å². The molecule has 3 rings (SSSR count). The number of carbonyl (C=O) groups excluding carboxylic acids is 1. The zero-order chi connectivity index (χ0) is 19.4. The summed E-state index contributed by atoms with van der Waals surface area (Å²) < 4.78 is 5.59. The molecule has 2 aromatic carbocycles. The summed E-state index contributed by atoms with van der Waals surface area (Å²) in [6, 6.07) is 15.0. The highest BCUT2D eigenvalue weighted by molar-refractivity contribution is 5.91. The number of nitrogens with one attached hydrogen (secondary N) is 2. The van der Waals surface area contributed by atoms with E-state index < -0.39 is 0 Å². The highest BCUT2D eigenvalue weighted by Crippen LogP contribution is 2.18. The van der Waals surface area contributed by atoms with Crippen molar-refractivity contribution < 1.29 is 9.53 Å². The van der Waals surface area contributed by atoms with Gasteiger partial charge in [-0.25, -0.2) is 0 Å². The van der Waals surface area contributed by atoms with Gasteiger partial charge >= 0.3 is 0 Å². The molecule has 140 valence electrons. The lowest BCUT2D eigenvalue weighted by atomic mass is 10.1. The Morgan fingerprint density at radius 2 is 1.85 bits per heavy atom. The summed E-state index contributed by atoms with van der Waals surface area (Å²) in [5.41, 5.74) is 3.11. The first-order valence-corrected chi connectivity index (χ1v) is 9.10. The minimum absolute atomic E-state index is 0.106. The van der Waals surface area contributed by atoms with Gasteiger partial charge in [0.05, 0.1) is 6.10 Å². The standard InChI is InChI=1S/C22H24N2O3/c1-14(2)27-19-8-6-18(7-9-19)23-21(25)11-5-16-13-17-12-15(3)4-10-20(17)24-22(16)26/h4,6-10,12-14H,5,11H2,1-3H3,(H,23,25)(H,24,26). The van der Waals surface area contributed by atoms with E-state index in [4.69, 9.17) is 4.74 Å². The van der Waals surface area contributed by atoms with E-state index in [2.05, 4.69) is 10.3 Å². The van der Waals surface area contributed by atoms with Gasteiger partial charge in [0, 0.05) is 23.2 Å². The summed E-state index contributed by atoms with van der Waals surface area (Å²) in [4.78, 5) is 27.3. The molecule has 1 amide bonds. The van der Waals surface area contributed by atoms with E-state index in [1.54, 1.807) is 12.1 Å². The van der Waals surface area contributed by atoms with E-state index >= 15 is 0 Å². The average molecular weight is 364 g/mol. The second-order valence-electron chi connectivity index (χ2n) is 6.95. The number of anilines is 1. The topological polar surface area (TPSA) is 71.2 Å². The number of benzene rings is 2. The molecular weight excluding hydrogens is 340 g/mol. The Bertz CT molecular complexity index is 1000. The van der Waals surface area contributed by atoms with Gasteiger partial charge in [-0.3, -0.25) is 9.59 Å². The Morgan fingerprint density at radius 1 is 1.11 bits per heavy atom. The van der Waals surface area contributed by atoms with E-state index in [-0.39, 0.29) is 24.0 Å². The highest BCUT2D eigenvalue weighted by atomic mass is 16.5. The van der Waals surface area contributed by atoms with Crippen LogP contribution >= 0.6 is 0 Å². The van der Waals surface area contributed by atoms with Gasteiger partial charge < -0.3 is 15.0 Å². The van der Waals surface area contributed by atoms with Crippen LogP contribution in [0.1, 0.15) is 31.4 Å². The normalized spacial score (nSPS) is 11.0. The van der Waals surface area contributed by atoms with E-state index in [0.29, 0.717) is 17.7 Å². The molecule has 27 heavy (non-hydrogen) atoms. The molecule has 0 aliphatic rings. The SMILES string of the molecule is Cc1ccc2[nH]c(=O)c(CCC(=O)Nc3ccc(OC(C)C)cc3)cc2c1. The van der Waals surface area contributed by atoms with Gasteiger partial charge in [0.2, 0.25) is 5.91 Å². The predicted octanol–water partition coefficient (Wildman–Crippen LogP) is 4.20. The van der Waals surface area contributed by atoms with Crippen LogP contribution in [-0.2, 0) is 11.2 Å². The molecule has 1 heterocycles. The van der Waals surface area contributed by atoms with Crippen LogP contribution in [0.4, 0.5) is 5.69 Å². The minimum Gasteiger partial charge on any atom is -0.491 e. The van der Waals surface area contributed by atoms with Gasteiger partial charge in [0.1, 0.15) is 5.75 Å². The molecule has 2 N–H and O–H groups in total. The largest absolute Gasteiger partial charge is 0.491 e. The number of hydrogen-bond acceptors (Lipinski definition) is 3. The van der Waals surface area contributed by atoms with Crippen LogP contribution in [0.15, 0.2) is 53.3 Å². The van der Waals surface area contributed by atoms with E-state index in [0.717, 1.165) is 22.2 Å². The summed E-state index contributed by atoms with van der Waals surface area (Å²) in [6.45, 7) is 5.94. The van der Waals surface area contributed by atoms with Crippen molar-refractivity contribution in [2.24, 2.45) is 0 Å². The van der Waals surface area contributed by atoms with Crippen LogP contribution in [0, 0.1) is 6.92 Å². The summed E-state index contributed by atoms with van der Waals surface area (Å²) in [5, 5.41) is 3.83. The number of pyridine rings is 1. The van der Waals surface area contributed by atoms with E-state index in [1.165, 1.54) is 0 Å². The third-order valence-electron chi connectivity index (χ3n) is 4.21. The lowest BCUT2D eigenvalue weighted by Crippen LogP contribution is -2.17. The lowest BCUT2D eigenvalue weighted by Gasteiger charge is -2.10. The van der Waals surface area contributed by atoms with Crippen LogP contribution in [-0.4, -0.2) is 17.0 Å². The molecule has 0 saturated heterocycles. The van der Waals surface area contributed by atoms with E-state index in [9.17, 15) is 9.59 Å².